The van der Waals surface area contributed by atoms with Gasteiger partial charge in [-0.05, 0) is 39.2 Å². The topological polar surface area (TPSA) is 94.2 Å². The van der Waals surface area contributed by atoms with Crippen molar-refractivity contribution in [3.63, 3.8) is 0 Å². The van der Waals surface area contributed by atoms with Crippen LogP contribution in [0, 0.1) is 6.92 Å². The van der Waals surface area contributed by atoms with Crippen molar-refractivity contribution in [1.29, 1.82) is 0 Å². The van der Waals surface area contributed by atoms with Crippen LogP contribution in [0.3, 0.4) is 0 Å². The van der Waals surface area contributed by atoms with Gasteiger partial charge < -0.3 is 20.7 Å². The van der Waals surface area contributed by atoms with Crippen molar-refractivity contribution < 1.29 is 14.7 Å². The zero-order valence-electron chi connectivity index (χ0n) is 10.5. The molecule has 2 rings (SSSR count). The lowest BCUT2D eigenvalue weighted by molar-refractivity contribution is 0.0692. The van der Waals surface area contributed by atoms with Crippen molar-refractivity contribution in [2.24, 2.45) is 0 Å². The molecule has 0 saturated heterocycles. The molecule has 2 amide bonds. The number of carbonyl (C=O) groups is 2. The first-order valence-corrected chi connectivity index (χ1v) is 5.92. The molecule has 0 bridgehead atoms. The van der Waals surface area contributed by atoms with Crippen LogP contribution in [-0.4, -0.2) is 27.6 Å². The lowest BCUT2D eigenvalue weighted by Gasteiger charge is -2.38. The molecule has 1 saturated carbocycles. The maximum absolute atomic E-state index is 11.8. The third-order valence-electron chi connectivity index (χ3n) is 3.29. The van der Waals surface area contributed by atoms with Crippen LogP contribution in [0.4, 0.5) is 10.5 Å². The van der Waals surface area contributed by atoms with E-state index in [2.05, 4.69) is 15.6 Å². The highest BCUT2D eigenvalue weighted by atomic mass is 16.4. The second kappa shape index (κ2) is 4.36. The molecule has 98 valence electrons. The monoisotopic (exact) mass is 251 g/mol. The quantitative estimate of drug-likeness (QED) is 0.662. The fraction of sp³-hybridized carbons (Fsp3) is 0.500. The molecular weight excluding hydrogens is 234 g/mol. The summed E-state index contributed by atoms with van der Waals surface area (Å²) in [6, 6.07) is 1.24. The van der Waals surface area contributed by atoms with Crippen molar-refractivity contribution in [3.05, 3.63) is 17.5 Å². The van der Waals surface area contributed by atoms with E-state index in [0.717, 1.165) is 19.3 Å². The van der Waals surface area contributed by atoms with Crippen LogP contribution >= 0.6 is 0 Å². The average Bonchev–Trinajstić information content (AvgIpc) is 2.57. The van der Waals surface area contributed by atoms with E-state index in [1.165, 1.54) is 0 Å². The zero-order chi connectivity index (χ0) is 13.3. The summed E-state index contributed by atoms with van der Waals surface area (Å²) in [5.74, 6) is -1.09. The van der Waals surface area contributed by atoms with E-state index in [-0.39, 0.29) is 17.3 Å². The molecule has 0 unspecified atom stereocenters. The Morgan fingerprint density at radius 1 is 1.44 bits per heavy atom. The number of carbonyl (C=O) groups excluding carboxylic acids is 1. The third-order valence-corrected chi connectivity index (χ3v) is 3.29. The number of aromatic carboxylic acids is 1. The van der Waals surface area contributed by atoms with Gasteiger partial charge in [0.05, 0.1) is 5.69 Å². The van der Waals surface area contributed by atoms with Gasteiger partial charge in [-0.15, -0.1) is 0 Å². The number of urea groups is 1. The summed E-state index contributed by atoms with van der Waals surface area (Å²) in [6.45, 7) is 3.72. The Morgan fingerprint density at radius 2 is 2.11 bits per heavy atom. The molecule has 0 spiro atoms. The van der Waals surface area contributed by atoms with Crippen molar-refractivity contribution in [1.82, 2.24) is 10.3 Å². The SMILES string of the molecule is Cc1cc(NC(=O)NC2(C)CCC2)c(C(=O)O)[nH]1. The molecule has 0 radical (unpaired) electrons. The number of amides is 2. The number of hydrogen-bond acceptors (Lipinski definition) is 2. The van der Waals surface area contributed by atoms with Crippen molar-refractivity contribution >= 4 is 17.7 Å². The fourth-order valence-corrected chi connectivity index (χ4v) is 2.12. The number of aromatic amines is 1. The summed E-state index contributed by atoms with van der Waals surface area (Å²) in [7, 11) is 0. The number of nitrogens with one attached hydrogen (secondary N) is 3. The number of aromatic nitrogens is 1. The Balaban J connectivity index is 2.04. The normalized spacial score (nSPS) is 16.8. The predicted octanol–water partition coefficient (Wildman–Crippen LogP) is 2.09. The Kier molecular flexibility index (Phi) is 3.02. The Bertz CT molecular complexity index is 489. The van der Waals surface area contributed by atoms with Crippen molar-refractivity contribution in [3.8, 4) is 0 Å². The molecule has 1 aromatic heterocycles. The van der Waals surface area contributed by atoms with Gasteiger partial charge in [-0.3, -0.25) is 0 Å². The highest BCUT2D eigenvalue weighted by Crippen LogP contribution is 2.31. The number of anilines is 1. The van der Waals surface area contributed by atoms with Crippen LogP contribution in [-0.2, 0) is 0 Å². The van der Waals surface area contributed by atoms with Crippen LogP contribution in [0.1, 0.15) is 42.4 Å². The van der Waals surface area contributed by atoms with Gasteiger partial charge in [-0.2, -0.15) is 0 Å². The van der Waals surface area contributed by atoms with Crippen molar-refractivity contribution in [2.45, 2.75) is 38.6 Å². The van der Waals surface area contributed by atoms with E-state index in [9.17, 15) is 9.59 Å². The highest BCUT2D eigenvalue weighted by molar-refractivity contribution is 5.99. The molecule has 1 fully saturated rings. The molecule has 4 N–H and O–H groups in total. The third kappa shape index (κ3) is 2.47. The first-order chi connectivity index (χ1) is 8.39. The molecule has 18 heavy (non-hydrogen) atoms. The molecule has 1 aliphatic carbocycles. The molecule has 6 heteroatoms. The van der Waals surface area contributed by atoms with Crippen LogP contribution in [0.25, 0.3) is 0 Å². The number of H-pyrrole nitrogens is 1. The molecule has 0 atom stereocenters. The molecule has 0 aliphatic heterocycles. The molecule has 1 heterocycles. The van der Waals surface area contributed by atoms with Gasteiger partial charge in [0.15, 0.2) is 0 Å². The minimum atomic E-state index is -1.09. The predicted molar refractivity (Wildman–Crippen MR) is 66.9 cm³/mol. The maximum atomic E-state index is 11.8. The molecular formula is C12H17N3O3. The summed E-state index contributed by atoms with van der Waals surface area (Å²) < 4.78 is 0. The second-order valence-electron chi connectivity index (χ2n) is 5.04. The van der Waals surface area contributed by atoms with Gasteiger partial charge in [0, 0.05) is 11.2 Å². The van der Waals surface area contributed by atoms with Crippen LogP contribution < -0.4 is 10.6 Å². The van der Waals surface area contributed by atoms with E-state index in [4.69, 9.17) is 5.11 Å². The standard InChI is InChI=1S/C12H17N3O3/c1-7-6-8(9(13-7)10(16)17)14-11(18)15-12(2)4-3-5-12/h6,13H,3-5H2,1-2H3,(H,16,17)(H2,14,15,18). The Morgan fingerprint density at radius 3 is 2.61 bits per heavy atom. The van der Waals surface area contributed by atoms with Crippen LogP contribution in [0.15, 0.2) is 6.07 Å². The first-order valence-electron chi connectivity index (χ1n) is 5.92. The fourth-order valence-electron chi connectivity index (χ4n) is 2.12. The summed E-state index contributed by atoms with van der Waals surface area (Å²) >= 11 is 0. The smallest absolute Gasteiger partial charge is 0.354 e. The number of carboxylic acid groups (broad SMARTS) is 1. The van der Waals surface area contributed by atoms with Gasteiger partial charge in [0.2, 0.25) is 0 Å². The summed E-state index contributed by atoms with van der Waals surface area (Å²) in [4.78, 5) is 25.4. The van der Waals surface area contributed by atoms with Gasteiger partial charge in [-0.25, -0.2) is 9.59 Å². The largest absolute Gasteiger partial charge is 0.477 e. The maximum Gasteiger partial charge on any atom is 0.354 e. The number of rotatable bonds is 3. The number of carboxylic acids is 1. The highest BCUT2D eigenvalue weighted by Gasteiger charge is 2.33. The minimum absolute atomic E-state index is 0.00131. The van der Waals surface area contributed by atoms with Gasteiger partial charge in [0.1, 0.15) is 5.69 Å². The Hall–Kier alpha value is -1.98. The van der Waals surface area contributed by atoms with Gasteiger partial charge in [-0.1, -0.05) is 0 Å². The van der Waals surface area contributed by atoms with E-state index in [1.807, 2.05) is 6.92 Å². The molecule has 0 aromatic carbocycles. The van der Waals surface area contributed by atoms with E-state index in [0.29, 0.717) is 11.4 Å². The van der Waals surface area contributed by atoms with E-state index in [1.54, 1.807) is 13.0 Å². The minimum Gasteiger partial charge on any atom is -0.477 e. The summed E-state index contributed by atoms with van der Waals surface area (Å²) in [5.41, 5.74) is 0.832. The van der Waals surface area contributed by atoms with Crippen LogP contribution in [0.5, 0.6) is 0 Å². The first kappa shape index (κ1) is 12.5. The molecule has 6 nitrogen and oxygen atoms in total. The van der Waals surface area contributed by atoms with Crippen molar-refractivity contribution in [2.75, 3.05) is 5.32 Å². The molecule has 1 aromatic rings. The molecule has 1 aliphatic rings. The number of hydrogen-bond donors (Lipinski definition) is 4. The lowest BCUT2D eigenvalue weighted by atomic mass is 9.79. The lowest BCUT2D eigenvalue weighted by Crippen LogP contribution is -2.52. The summed E-state index contributed by atoms with van der Waals surface area (Å²) in [5, 5.41) is 14.4. The number of aryl methyl sites for hydroxylation is 1. The van der Waals surface area contributed by atoms with Gasteiger partial charge in [0.25, 0.3) is 0 Å². The van der Waals surface area contributed by atoms with Gasteiger partial charge >= 0.3 is 12.0 Å². The summed E-state index contributed by atoms with van der Waals surface area (Å²) in [6.07, 6.45) is 3.02. The van der Waals surface area contributed by atoms with E-state index < -0.39 is 5.97 Å². The Labute approximate surface area is 105 Å². The second-order valence-corrected chi connectivity index (χ2v) is 5.04. The van der Waals surface area contributed by atoms with E-state index >= 15 is 0 Å². The zero-order valence-corrected chi connectivity index (χ0v) is 10.5. The average molecular weight is 251 g/mol. The van der Waals surface area contributed by atoms with Crippen LogP contribution in [0.2, 0.25) is 0 Å².